The van der Waals surface area contributed by atoms with Crippen LogP contribution in [0.2, 0.25) is 5.02 Å². The number of allylic oxidation sites excluding steroid dienone is 1. The predicted octanol–water partition coefficient (Wildman–Crippen LogP) is 5.42. The third kappa shape index (κ3) is 2.68. The Morgan fingerprint density at radius 3 is 2.56 bits per heavy atom. The monoisotopic (exact) mass is 234 g/mol. The van der Waals surface area contributed by atoms with Gasteiger partial charge in [-0.15, -0.1) is 0 Å². The summed E-state index contributed by atoms with van der Waals surface area (Å²) in [6.07, 6.45) is 10.9. The molecule has 1 aromatic rings. The topological polar surface area (TPSA) is 0 Å². The van der Waals surface area contributed by atoms with Crippen molar-refractivity contribution in [3.8, 4) is 0 Å². The summed E-state index contributed by atoms with van der Waals surface area (Å²) in [5, 5.41) is 0.947. The van der Waals surface area contributed by atoms with Crippen LogP contribution in [0.15, 0.2) is 24.3 Å². The first kappa shape index (κ1) is 11.7. The van der Waals surface area contributed by atoms with Crippen molar-refractivity contribution in [2.45, 2.75) is 44.9 Å². The molecule has 86 valence electrons. The molecule has 0 unspecified atom stereocenters. The van der Waals surface area contributed by atoms with E-state index in [0.29, 0.717) is 5.92 Å². The van der Waals surface area contributed by atoms with Crippen molar-refractivity contribution in [3.05, 3.63) is 40.4 Å². The lowest BCUT2D eigenvalue weighted by Crippen LogP contribution is -2.05. The van der Waals surface area contributed by atoms with Crippen molar-refractivity contribution in [1.82, 2.24) is 0 Å². The van der Waals surface area contributed by atoms with E-state index < -0.39 is 0 Å². The highest BCUT2D eigenvalue weighted by atomic mass is 35.5. The van der Waals surface area contributed by atoms with E-state index in [1.54, 1.807) is 0 Å². The first-order chi connectivity index (χ1) is 7.81. The number of hydrogen-bond acceptors (Lipinski definition) is 0. The van der Waals surface area contributed by atoms with Crippen LogP contribution >= 0.6 is 11.6 Å². The summed E-state index contributed by atoms with van der Waals surface area (Å²) >= 11 is 6.36. The van der Waals surface area contributed by atoms with Crippen LogP contribution in [0.25, 0.3) is 6.08 Å². The van der Waals surface area contributed by atoms with E-state index in [1.165, 1.54) is 43.2 Å². The molecule has 1 fully saturated rings. The Kier molecular flexibility index (Phi) is 4.06. The fraction of sp³-hybridized carbons (Fsp3) is 0.467. The second kappa shape index (κ2) is 5.54. The quantitative estimate of drug-likeness (QED) is 0.641. The number of halogens is 1. The van der Waals surface area contributed by atoms with Gasteiger partial charge in [0.2, 0.25) is 0 Å². The number of rotatable bonds is 2. The molecule has 0 bridgehead atoms. The maximum atomic E-state index is 6.36. The molecule has 1 aliphatic carbocycles. The Balaban J connectivity index is 2.21. The van der Waals surface area contributed by atoms with Gasteiger partial charge in [-0.25, -0.2) is 0 Å². The average Bonchev–Trinajstić information content (AvgIpc) is 2.31. The van der Waals surface area contributed by atoms with E-state index >= 15 is 0 Å². The Morgan fingerprint density at radius 1 is 1.19 bits per heavy atom. The zero-order valence-electron chi connectivity index (χ0n) is 9.88. The Bertz CT molecular complexity index is 373. The maximum absolute atomic E-state index is 6.36. The molecule has 1 aliphatic rings. The van der Waals surface area contributed by atoms with Crippen molar-refractivity contribution in [1.29, 1.82) is 0 Å². The van der Waals surface area contributed by atoms with Gasteiger partial charge in [-0.1, -0.05) is 55.1 Å². The van der Waals surface area contributed by atoms with E-state index in [4.69, 9.17) is 11.6 Å². The van der Waals surface area contributed by atoms with Gasteiger partial charge in [0.1, 0.15) is 0 Å². The van der Waals surface area contributed by atoms with E-state index in [2.05, 4.69) is 24.3 Å². The van der Waals surface area contributed by atoms with E-state index in [-0.39, 0.29) is 0 Å². The SMILES string of the molecule is C/C=C\c1ccc(C2CCCCC2)c(Cl)c1. The van der Waals surface area contributed by atoms with Crippen LogP contribution in [0, 0.1) is 0 Å². The van der Waals surface area contributed by atoms with E-state index in [0.717, 1.165) is 5.02 Å². The van der Waals surface area contributed by atoms with Gasteiger partial charge in [0, 0.05) is 5.02 Å². The lowest BCUT2D eigenvalue weighted by atomic mass is 9.84. The van der Waals surface area contributed by atoms with Gasteiger partial charge in [0.15, 0.2) is 0 Å². The number of benzene rings is 1. The first-order valence-corrected chi connectivity index (χ1v) is 6.61. The molecule has 0 aromatic heterocycles. The Labute approximate surface area is 103 Å². The summed E-state index contributed by atoms with van der Waals surface area (Å²) in [7, 11) is 0. The van der Waals surface area contributed by atoms with Crippen LogP contribution in [0.4, 0.5) is 0 Å². The standard InChI is InChI=1S/C15H19Cl/c1-2-6-12-9-10-14(15(16)11-12)13-7-4-3-5-8-13/h2,6,9-11,13H,3-5,7-8H2,1H3/b6-2-. The molecule has 0 radical (unpaired) electrons. The molecule has 0 amide bonds. The van der Waals surface area contributed by atoms with Crippen molar-refractivity contribution in [2.24, 2.45) is 0 Å². The Morgan fingerprint density at radius 2 is 1.94 bits per heavy atom. The third-order valence-corrected chi connectivity index (χ3v) is 3.76. The predicted molar refractivity (Wildman–Crippen MR) is 72.0 cm³/mol. The van der Waals surface area contributed by atoms with Crippen LogP contribution in [-0.4, -0.2) is 0 Å². The van der Waals surface area contributed by atoms with E-state index in [1.807, 2.05) is 13.0 Å². The van der Waals surface area contributed by atoms with Gasteiger partial charge >= 0.3 is 0 Å². The fourth-order valence-corrected chi connectivity index (χ4v) is 2.93. The molecule has 2 rings (SSSR count). The molecule has 0 spiro atoms. The summed E-state index contributed by atoms with van der Waals surface area (Å²) in [5.41, 5.74) is 2.56. The first-order valence-electron chi connectivity index (χ1n) is 6.23. The van der Waals surface area contributed by atoms with Gasteiger partial charge in [0.25, 0.3) is 0 Å². The molecule has 16 heavy (non-hydrogen) atoms. The largest absolute Gasteiger partial charge is 0.0871 e. The molecule has 0 nitrogen and oxygen atoms in total. The van der Waals surface area contributed by atoms with Crippen molar-refractivity contribution in [3.63, 3.8) is 0 Å². The Hall–Kier alpha value is -0.750. The second-order valence-electron chi connectivity index (χ2n) is 4.62. The van der Waals surface area contributed by atoms with Crippen molar-refractivity contribution >= 4 is 17.7 Å². The smallest absolute Gasteiger partial charge is 0.0446 e. The molecule has 0 heterocycles. The number of hydrogen-bond donors (Lipinski definition) is 0. The van der Waals surface area contributed by atoms with Gasteiger partial charge in [-0.2, -0.15) is 0 Å². The molecular formula is C15H19Cl. The fourth-order valence-electron chi connectivity index (χ4n) is 2.58. The molecule has 1 saturated carbocycles. The van der Waals surface area contributed by atoms with Gasteiger partial charge in [-0.05, 0) is 42.9 Å². The zero-order chi connectivity index (χ0) is 11.4. The minimum absolute atomic E-state index is 0.695. The molecule has 0 N–H and O–H groups in total. The minimum atomic E-state index is 0.695. The summed E-state index contributed by atoms with van der Waals surface area (Å²) < 4.78 is 0. The molecule has 0 atom stereocenters. The van der Waals surface area contributed by atoms with Crippen molar-refractivity contribution < 1.29 is 0 Å². The molecule has 1 heteroatoms. The second-order valence-corrected chi connectivity index (χ2v) is 5.02. The minimum Gasteiger partial charge on any atom is -0.0871 e. The summed E-state index contributed by atoms with van der Waals surface area (Å²) in [6, 6.07) is 6.48. The summed E-state index contributed by atoms with van der Waals surface area (Å²) in [6.45, 7) is 2.03. The van der Waals surface area contributed by atoms with Gasteiger partial charge < -0.3 is 0 Å². The maximum Gasteiger partial charge on any atom is 0.0446 e. The highest BCUT2D eigenvalue weighted by Gasteiger charge is 2.17. The zero-order valence-corrected chi connectivity index (χ0v) is 10.6. The normalized spacial score (nSPS) is 18.1. The molecule has 1 aromatic carbocycles. The third-order valence-electron chi connectivity index (χ3n) is 3.43. The highest BCUT2D eigenvalue weighted by molar-refractivity contribution is 6.31. The lowest BCUT2D eigenvalue weighted by Gasteiger charge is -2.23. The van der Waals surface area contributed by atoms with E-state index in [9.17, 15) is 0 Å². The highest BCUT2D eigenvalue weighted by Crippen LogP contribution is 2.36. The van der Waals surface area contributed by atoms with Crippen LogP contribution < -0.4 is 0 Å². The molecule has 0 saturated heterocycles. The van der Waals surface area contributed by atoms with Gasteiger partial charge in [0.05, 0.1) is 0 Å². The van der Waals surface area contributed by atoms with Crippen LogP contribution in [0.5, 0.6) is 0 Å². The molecular weight excluding hydrogens is 216 g/mol. The average molecular weight is 235 g/mol. The van der Waals surface area contributed by atoms with Crippen molar-refractivity contribution in [2.75, 3.05) is 0 Å². The summed E-state index contributed by atoms with van der Waals surface area (Å²) in [4.78, 5) is 0. The van der Waals surface area contributed by atoms with Crippen LogP contribution in [0.1, 0.15) is 56.1 Å². The molecule has 0 aliphatic heterocycles. The van der Waals surface area contributed by atoms with Gasteiger partial charge in [-0.3, -0.25) is 0 Å². The lowest BCUT2D eigenvalue weighted by molar-refractivity contribution is 0.444. The summed E-state index contributed by atoms with van der Waals surface area (Å²) in [5.74, 6) is 0.695. The van der Waals surface area contributed by atoms with Crippen LogP contribution in [-0.2, 0) is 0 Å². The van der Waals surface area contributed by atoms with Crippen LogP contribution in [0.3, 0.4) is 0 Å².